The van der Waals surface area contributed by atoms with Crippen molar-refractivity contribution < 1.29 is 9.90 Å². The van der Waals surface area contributed by atoms with E-state index >= 15 is 0 Å². The number of hydrogen-bond acceptors (Lipinski definition) is 4. The van der Waals surface area contributed by atoms with Crippen LogP contribution in [0.25, 0.3) is 0 Å². The smallest absolute Gasteiger partial charge is 0.316 e. The zero-order valence-corrected chi connectivity index (χ0v) is 10.3. The predicted octanol–water partition coefficient (Wildman–Crippen LogP) is 1.21. The molecule has 0 bridgehead atoms. The lowest BCUT2D eigenvalue weighted by atomic mass is 9.97. The summed E-state index contributed by atoms with van der Waals surface area (Å²) >= 11 is 1.07. The lowest BCUT2D eigenvalue weighted by Crippen LogP contribution is -2.22. The van der Waals surface area contributed by atoms with Crippen LogP contribution in [0.2, 0.25) is 0 Å². The van der Waals surface area contributed by atoms with Gasteiger partial charge in [-0.3, -0.25) is 9.59 Å². The summed E-state index contributed by atoms with van der Waals surface area (Å²) in [7, 11) is 0. The Morgan fingerprint density at radius 3 is 2.88 bits per heavy atom. The number of H-pyrrole nitrogens is 1. The minimum absolute atomic E-state index is 0.116. The van der Waals surface area contributed by atoms with Crippen molar-refractivity contribution in [3.05, 3.63) is 21.6 Å². The molecule has 17 heavy (non-hydrogen) atoms. The third-order valence-electron chi connectivity index (χ3n) is 2.81. The highest BCUT2D eigenvalue weighted by Gasteiger charge is 2.18. The first-order valence-corrected chi connectivity index (χ1v) is 6.47. The second-order valence-electron chi connectivity index (χ2n) is 4.10. The monoisotopic (exact) mass is 254 g/mol. The minimum atomic E-state index is -0.907. The fourth-order valence-corrected chi connectivity index (χ4v) is 2.60. The highest BCUT2D eigenvalue weighted by molar-refractivity contribution is 8.00. The SMILES string of the molecule is CC(Sc1nc2c(c(=O)[nH]1)CCCC2)C(=O)O. The van der Waals surface area contributed by atoms with Crippen molar-refractivity contribution in [1.29, 1.82) is 0 Å². The summed E-state index contributed by atoms with van der Waals surface area (Å²) in [6.45, 7) is 1.58. The molecule has 1 aromatic heterocycles. The van der Waals surface area contributed by atoms with Crippen molar-refractivity contribution in [2.75, 3.05) is 0 Å². The summed E-state index contributed by atoms with van der Waals surface area (Å²) in [4.78, 5) is 29.5. The summed E-state index contributed by atoms with van der Waals surface area (Å²) < 4.78 is 0. The molecule has 0 amide bonds. The molecule has 6 heteroatoms. The van der Waals surface area contributed by atoms with Gasteiger partial charge in [0.1, 0.15) is 5.25 Å². The molecule has 0 aliphatic heterocycles. The van der Waals surface area contributed by atoms with Crippen molar-refractivity contribution >= 4 is 17.7 Å². The Bertz CT molecular complexity index is 498. The van der Waals surface area contributed by atoms with Crippen LogP contribution in [0, 0.1) is 0 Å². The molecule has 2 rings (SSSR count). The van der Waals surface area contributed by atoms with E-state index in [4.69, 9.17) is 5.11 Å². The topological polar surface area (TPSA) is 83.0 Å². The molecule has 92 valence electrons. The molecule has 0 aromatic carbocycles. The average Bonchev–Trinajstić information content (AvgIpc) is 2.29. The molecule has 1 unspecified atom stereocenters. The number of rotatable bonds is 3. The molecule has 1 aliphatic rings. The van der Waals surface area contributed by atoms with Gasteiger partial charge in [0.2, 0.25) is 0 Å². The first-order valence-electron chi connectivity index (χ1n) is 5.59. The van der Waals surface area contributed by atoms with Crippen LogP contribution in [0.15, 0.2) is 9.95 Å². The Hall–Kier alpha value is -1.30. The van der Waals surface area contributed by atoms with Gasteiger partial charge in [-0.05, 0) is 32.6 Å². The third kappa shape index (κ3) is 2.69. The summed E-state index contributed by atoms with van der Waals surface area (Å²) in [5.41, 5.74) is 1.48. The molecular weight excluding hydrogens is 240 g/mol. The summed E-state index contributed by atoms with van der Waals surface area (Å²) in [5.74, 6) is -0.907. The zero-order valence-electron chi connectivity index (χ0n) is 9.52. The molecule has 0 radical (unpaired) electrons. The number of nitrogens with zero attached hydrogens (tertiary/aromatic N) is 1. The Labute approximate surface area is 103 Å². The van der Waals surface area contributed by atoms with Crippen LogP contribution in [0.3, 0.4) is 0 Å². The van der Waals surface area contributed by atoms with Gasteiger partial charge in [0, 0.05) is 5.56 Å². The van der Waals surface area contributed by atoms with Gasteiger partial charge in [-0.2, -0.15) is 0 Å². The lowest BCUT2D eigenvalue weighted by Gasteiger charge is -2.14. The summed E-state index contributed by atoms with van der Waals surface area (Å²) in [6.07, 6.45) is 3.66. The summed E-state index contributed by atoms with van der Waals surface area (Å²) in [6, 6.07) is 0. The van der Waals surface area contributed by atoms with Crippen LogP contribution >= 0.6 is 11.8 Å². The number of nitrogens with one attached hydrogen (secondary N) is 1. The molecule has 1 aromatic rings. The maximum absolute atomic E-state index is 11.8. The van der Waals surface area contributed by atoms with Crippen LogP contribution < -0.4 is 5.56 Å². The first kappa shape index (κ1) is 12.2. The molecule has 0 fully saturated rings. The quantitative estimate of drug-likeness (QED) is 0.626. The van der Waals surface area contributed by atoms with E-state index in [1.54, 1.807) is 6.92 Å². The predicted molar refractivity (Wildman–Crippen MR) is 64.5 cm³/mol. The fraction of sp³-hybridized carbons (Fsp3) is 0.545. The molecule has 5 nitrogen and oxygen atoms in total. The number of carbonyl (C=O) groups is 1. The second kappa shape index (κ2) is 4.91. The Morgan fingerprint density at radius 1 is 1.47 bits per heavy atom. The second-order valence-corrected chi connectivity index (χ2v) is 5.43. The van der Waals surface area contributed by atoms with Gasteiger partial charge in [0.25, 0.3) is 5.56 Å². The maximum Gasteiger partial charge on any atom is 0.316 e. The molecular formula is C11H14N2O3S. The number of carboxylic acids is 1. The molecule has 1 heterocycles. The molecule has 0 saturated heterocycles. The van der Waals surface area contributed by atoms with Gasteiger partial charge in [0.15, 0.2) is 5.16 Å². The number of aromatic nitrogens is 2. The van der Waals surface area contributed by atoms with Crippen LogP contribution in [0.1, 0.15) is 31.0 Å². The largest absolute Gasteiger partial charge is 0.480 e. The molecule has 1 atom stereocenters. The van der Waals surface area contributed by atoms with Crippen molar-refractivity contribution in [3.8, 4) is 0 Å². The fourth-order valence-electron chi connectivity index (χ4n) is 1.85. The molecule has 0 saturated carbocycles. The van der Waals surface area contributed by atoms with Crippen LogP contribution in [-0.4, -0.2) is 26.3 Å². The van der Waals surface area contributed by atoms with Gasteiger partial charge in [-0.25, -0.2) is 4.98 Å². The minimum Gasteiger partial charge on any atom is -0.480 e. The van der Waals surface area contributed by atoms with E-state index in [1.807, 2.05) is 0 Å². The first-order chi connectivity index (χ1) is 8.08. The average molecular weight is 254 g/mol. The van der Waals surface area contributed by atoms with Crippen molar-refractivity contribution in [1.82, 2.24) is 9.97 Å². The number of aliphatic carboxylic acids is 1. The normalized spacial score (nSPS) is 16.3. The Kier molecular flexibility index (Phi) is 3.51. The highest BCUT2D eigenvalue weighted by atomic mass is 32.2. The number of thioether (sulfide) groups is 1. The number of hydrogen-bond donors (Lipinski definition) is 2. The van der Waals surface area contributed by atoms with Crippen LogP contribution in [-0.2, 0) is 17.6 Å². The number of aryl methyl sites for hydroxylation is 1. The molecule has 2 N–H and O–H groups in total. The van der Waals surface area contributed by atoms with Crippen molar-refractivity contribution in [2.24, 2.45) is 0 Å². The number of aromatic amines is 1. The zero-order chi connectivity index (χ0) is 12.4. The van der Waals surface area contributed by atoms with E-state index in [2.05, 4.69) is 9.97 Å². The number of carboxylic acid groups (broad SMARTS) is 1. The summed E-state index contributed by atoms with van der Waals surface area (Å²) in [5, 5.41) is 8.61. The van der Waals surface area contributed by atoms with Crippen molar-refractivity contribution in [2.45, 2.75) is 43.0 Å². The Balaban J connectivity index is 2.28. The van der Waals surface area contributed by atoms with Crippen LogP contribution in [0.5, 0.6) is 0 Å². The number of fused-ring (bicyclic) bond motifs is 1. The van der Waals surface area contributed by atoms with E-state index in [0.29, 0.717) is 5.16 Å². The van der Waals surface area contributed by atoms with Gasteiger partial charge in [-0.15, -0.1) is 0 Å². The van der Waals surface area contributed by atoms with Gasteiger partial charge in [-0.1, -0.05) is 11.8 Å². The van der Waals surface area contributed by atoms with Gasteiger partial charge in [0.05, 0.1) is 5.69 Å². The van der Waals surface area contributed by atoms with E-state index in [9.17, 15) is 9.59 Å². The molecule has 1 aliphatic carbocycles. The van der Waals surface area contributed by atoms with E-state index < -0.39 is 11.2 Å². The van der Waals surface area contributed by atoms with Crippen molar-refractivity contribution in [3.63, 3.8) is 0 Å². The van der Waals surface area contributed by atoms with E-state index in [-0.39, 0.29) is 5.56 Å². The van der Waals surface area contributed by atoms with Gasteiger partial charge < -0.3 is 10.1 Å². The molecule has 0 spiro atoms. The van der Waals surface area contributed by atoms with Crippen LogP contribution in [0.4, 0.5) is 0 Å². The lowest BCUT2D eigenvalue weighted by molar-refractivity contribution is -0.136. The van der Waals surface area contributed by atoms with Gasteiger partial charge >= 0.3 is 5.97 Å². The maximum atomic E-state index is 11.8. The van der Waals surface area contributed by atoms with E-state index in [0.717, 1.165) is 48.7 Å². The highest BCUT2D eigenvalue weighted by Crippen LogP contribution is 2.22. The third-order valence-corrected chi connectivity index (χ3v) is 3.78. The van der Waals surface area contributed by atoms with E-state index in [1.165, 1.54) is 0 Å². The standard InChI is InChI=1S/C11H14N2O3S/c1-6(10(15)16)17-11-12-8-5-3-2-4-7(8)9(14)13-11/h6H,2-5H2,1H3,(H,15,16)(H,12,13,14). The Morgan fingerprint density at radius 2 is 2.18 bits per heavy atom.